The van der Waals surface area contributed by atoms with E-state index in [0.717, 1.165) is 18.8 Å². The average Bonchev–Trinajstić information content (AvgIpc) is 2.48. The number of hydrogen-bond acceptors (Lipinski definition) is 6. The number of nitrogens with two attached hydrogens (primary N) is 1. The second-order valence-corrected chi connectivity index (χ2v) is 3.60. The molecule has 0 aliphatic carbocycles. The second kappa shape index (κ2) is 5.11. The van der Waals surface area contributed by atoms with Crippen molar-refractivity contribution in [2.24, 2.45) is 0 Å². The highest BCUT2D eigenvalue weighted by Gasteiger charge is 2.06. The Labute approximate surface area is 81.7 Å². The molecule has 1 rings (SSSR count). The summed E-state index contributed by atoms with van der Waals surface area (Å²) in [6.45, 7) is 2.31. The Morgan fingerprint density at radius 1 is 1.62 bits per heavy atom. The van der Waals surface area contributed by atoms with E-state index in [1.807, 2.05) is 7.05 Å². The van der Waals surface area contributed by atoms with Gasteiger partial charge in [-0.1, -0.05) is 4.49 Å². The lowest BCUT2D eigenvalue weighted by Crippen LogP contribution is -2.22. The van der Waals surface area contributed by atoms with Crippen LogP contribution in [-0.2, 0) is 11.3 Å². The first-order chi connectivity index (χ1) is 6.24. The Balaban J connectivity index is 2.36. The average molecular weight is 202 g/mol. The van der Waals surface area contributed by atoms with Gasteiger partial charge in [0.15, 0.2) is 0 Å². The fourth-order valence-corrected chi connectivity index (χ4v) is 1.35. The van der Waals surface area contributed by atoms with Crippen molar-refractivity contribution in [1.82, 2.24) is 14.5 Å². The molecule has 1 aromatic rings. The van der Waals surface area contributed by atoms with Crippen molar-refractivity contribution in [3.63, 3.8) is 0 Å². The molecule has 5 nitrogen and oxygen atoms in total. The van der Waals surface area contributed by atoms with Crippen LogP contribution in [0.25, 0.3) is 0 Å². The maximum Gasteiger partial charge on any atom is 0.132 e. The number of nitrogen functional groups attached to an aromatic ring is 1. The van der Waals surface area contributed by atoms with Crippen molar-refractivity contribution in [3.05, 3.63) is 5.69 Å². The largest absolute Gasteiger partial charge is 0.388 e. The molecule has 1 aromatic heterocycles. The summed E-state index contributed by atoms with van der Waals surface area (Å²) in [7, 11) is 3.68. The van der Waals surface area contributed by atoms with E-state index < -0.39 is 0 Å². The summed E-state index contributed by atoms with van der Waals surface area (Å²) in [5, 5.41) is 4.62. The molecule has 0 atom stereocenters. The van der Waals surface area contributed by atoms with E-state index in [2.05, 4.69) is 14.5 Å². The quantitative estimate of drug-likeness (QED) is 0.739. The Kier molecular flexibility index (Phi) is 4.07. The lowest BCUT2D eigenvalue weighted by molar-refractivity contribution is 0.158. The SMILES string of the molecule is COCCN(C)Cc1nnsc1N. The van der Waals surface area contributed by atoms with Crippen molar-refractivity contribution >= 4 is 16.5 Å². The van der Waals surface area contributed by atoms with Crippen molar-refractivity contribution in [3.8, 4) is 0 Å². The molecule has 0 unspecified atom stereocenters. The van der Waals surface area contributed by atoms with Crippen LogP contribution < -0.4 is 5.73 Å². The second-order valence-electron chi connectivity index (χ2n) is 2.81. The zero-order valence-electron chi connectivity index (χ0n) is 7.86. The zero-order chi connectivity index (χ0) is 9.68. The lowest BCUT2D eigenvalue weighted by Gasteiger charge is -2.13. The molecule has 0 saturated heterocycles. The predicted molar refractivity (Wildman–Crippen MR) is 52.5 cm³/mol. The molecule has 0 aromatic carbocycles. The van der Waals surface area contributed by atoms with Crippen molar-refractivity contribution in [1.29, 1.82) is 0 Å². The number of rotatable bonds is 5. The molecule has 0 radical (unpaired) electrons. The molecule has 0 spiro atoms. The Bertz CT molecular complexity index is 252. The number of ether oxygens (including phenoxy) is 1. The van der Waals surface area contributed by atoms with Crippen LogP contribution in [-0.4, -0.2) is 41.8 Å². The van der Waals surface area contributed by atoms with Crippen molar-refractivity contribution in [2.75, 3.05) is 33.0 Å². The van der Waals surface area contributed by atoms with Crippen molar-refractivity contribution < 1.29 is 4.74 Å². The van der Waals surface area contributed by atoms with E-state index in [0.29, 0.717) is 11.6 Å². The number of anilines is 1. The molecule has 2 N–H and O–H groups in total. The summed E-state index contributed by atoms with van der Waals surface area (Å²) in [5.41, 5.74) is 6.50. The maximum atomic E-state index is 5.65. The number of likely N-dealkylation sites (N-methyl/N-ethyl adjacent to an activating group) is 1. The molecule has 1 heterocycles. The van der Waals surface area contributed by atoms with Gasteiger partial charge in [-0.15, -0.1) is 5.10 Å². The third kappa shape index (κ3) is 3.25. The first-order valence-corrected chi connectivity index (χ1v) is 4.75. The van der Waals surface area contributed by atoms with Gasteiger partial charge in [-0.2, -0.15) is 0 Å². The molecule has 74 valence electrons. The van der Waals surface area contributed by atoms with Crippen LogP contribution in [0.15, 0.2) is 0 Å². The van der Waals surface area contributed by atoms with Crippen LogP contribution in [0.2, 0.25) is 0 Å². The highest BCUT2D eigenvalue weighted by atomic mass is 32.1. The van der Waals surface area contributed by atoms with Crippen LogP contribution in [0, 0.1) is 0 Å². The van der Waals surface area contributed by atoms with Crippen molar-refractivity contribution in [2.45, 2.75) is 6.54 Å². The van der Waals surface area contributed by atoms with Gasteiger partial charge < -0.3 is 10.5 Å². The van der Waals surface area contributed by atoms with Crippen LogP contribution in [0.5, 0.6) is 0 Å². The summed E-state index contributed by atoms with van der Waals surface area (Å²) in [6, 6.07) is 0. The highest BCUT2D eigenvalue weighted by molar-refractivity contribution is 7.09. The number of methoxy groups -OCH3 is 1. The van der Waals surface area contributed by atoms with Crippen LogP contribution >= 0.6 is 11.5 Å². The number of aromatic nitrogens is 2. The lowest BCUT2D eigenvalue weighted by atomic mass is 10.4. The smallest absolute Gasteiger partial charge is 0.132 e. The van der Waals surface area contributed by atoms with Gasteiger partial charge in [-0.3, -0.25) is 4.90 Å². The van der Waals surface area contributed by atoms with Crippen LogP contribution in [0.4, 0.5) is 5.00 Å². The van der Waals surface area contributed by atoms with Gasteiger partial charge in [-0.25, -0.2) is 0 Å². The van der Waals surface area contributed by atoms with Gasteiger partial charge >= 0.3 is 0 Å². The minimum absolute atomic E-state index is 0.698. The van der Waals surface area contributed by atoms with Gasteiger partial charge in [-0.05, 0) is 7.05 Å². The van der Waals surface area contributed by atoms with Crippen LogP contribution in [0.3, 0.4) is 0 Å². The molecular formula is C7H14N4OS. The summed E-state index contributed by atoms with van der Waals surface area (Å²) >= 11 is 1.23. The monoisotopic (exact) mass is 202 g/mol. The minimum atomic E-state index is 0.698. The van der Waals surface area contributed by atoms with Gasteiger partial charge in [0.2, 0.25) is 0 Å². The highest BCUT2D eigenvalue weighted by Crippen LogP contribution is 2.13. The van der Waals surface area contributed by atoms with E-state index >= 15 is 0 Å². The molecule has 0 bridgehead atoms. The van der Waals surface area contributed by atoms with Gasteiger partial charge in [0, 0.05) is 31.7 Å². The maximum absolute atomic E-state index is 5.65. The first-order valence-electron chi connectivity index (χ1n) is 3.98. The molecule has 0 aliphatic rings. The van der Waals surface area contributed by atoms with Gasteiger partial charge in [0.25, 0.3) is 0 Å². The predicted octanol–water partition coefficient (Wildman–Crippen LogP) is 0.199. The molecule has 13 heavy (non-hydrogen) atoms. The number of hydrogen-bond donors (Lipinski definition) is 1. The Morgan fingerprint density at radius 3 is 2.92 bits per heavy atom. The van der Waals surface area contributed by atoms with E-state index in [-0.39, 0.29) is 0 Å². The fourth-order valence-electron chi connectivity index (χ4n) is 0.907. The zero-order valence-corrected chi connectivity index (χ0v) is 8.67. The third-order valence-electron chi connectivity index (χ3n) is 1.68. The summed E-state index contributed by atoms with van der Waals surface area (Å²) in [4.78, 5) is 2.09. The molecule has 0 aliphatic heterocycles. The topological polar surface area (TPSA) is 64.3 Å². The summed E-state index contributed by atoms with van der Waals surface area (Å²) in [5.74, 6) is 0. The Morgan fingerprint density at radius 2 is 2.38 bits per heavy atom. The van der Waals surface area contributed by atoms with E-state index in [4.69, 9.17) is 10.5 Å². The van der Waals surface area contributed by atoms with E-state index in [1.165, 1.54) is 11.5 Å². The summed E-state index contributed by atoms with van der Waals surface area (Å²) < 4.78 is 8.72. The molecule has 0 amide bonds. The molecule has 6 heteroatoms. The van der Waals surface area contributed by atoms with E-state index in [9.17, 15) is 0 Å². The third-order valence-corrected chi connectivity index (χ3v) is 2.28. The molecule has 0 fully saturated rings. The van der Waals surface area contributed by atoms with Crippen LogP contribution in [0.1, 0.15) is 5.69 Å². The molecule has 0 saturated carbocycles. The first kappa shape index (κ1) is 10.4. The standard InChI is InChI=1S/C7H14N4OS/c1-11(3-4-12-2)5-6-7(8)13-10-9-6/h3-5,8H2,1-2H3. The fraction of sp³-hybridized carbons (Fsp3) is 0.714. The van der Waals surface area contributed by atoms with Gasteiger partial charge in [0.1, 0.15) is 10.7 Å². The molecular weight excluding hydrogens is 188 g/mol. The normalized spacial score (nSPS) is 11.0. The minimum Gasteiger partial charge on any atom is -0.388 e. The van der Waals surface area contributed by atoms with E-state index in [1.54, 1.807) is 7.11 Å². The summed E-state index contributed by atoms with van der Waals surface area (Å²) in [6.07, 6.45) is 0. The van der Waals surface area contributed by atoms with Gasteiger partial charge in [0.05, 0.1) is 6.61 Å². The number of nitrogens with zero attached hydrogens (tertiary/aromatic N) is 3. The Hall–Kier alpha value is -0.720.